The van der Waals surface area contributed by atoms with Gasteiger partial charge in [-0.1, -0.05) is 0 Å². The largest absolute Gasteiger partial charge is 0.411 e. The van der Waals surface area contributed by atoms with Crippen LogP contribution in [0.3, 0.4) is 0 Å². The van der Waals surface area contributed by atoms with Gasteiger partial charge in [-0.05, 0) is 12.1 Å². The standard InChI is InChI=1S/C10H12F3N3O2/c1-14-8-3-2-7(4-15-8)16-9(17)5-18-6-10(11,12)13/h2-4H,5-6H2,1H3,(H,14,15)(H,16,17). The van der Waals surface area contributed by atoms with Gasteiger partial charge in [-0.15, -0.1) is 0 Å². The van der Waals surface area contributed by atoms with E-state index in [2.05, 4.69) is 20.4 Å². The first-order valence-electron chi connectivity index (χ1n) is 4.99. The summed E-state index contributed by atoms with van der Waals surface area (Å²) in [4.78, 5) is 15.1. The molecule has 1 aromatic rings. The Hall–Kier alpha value is -1.83. The number of rotatable bonds is 5. The van der Waals surface area contributed by atoms with Crippen LogP contribution in [0, 0.1) is 0 Å². The van der Waals surface area contributed by atoms with Crippen LogP contribution in [0.4, 0.5) is 24.7 Å². The van der Waals surface area contributed by atoms with Crippen LogP contribution in [-0.2, 0) is 9.53 Å². The van der Waals surface area contributed by atoms with Crippen molar-refractivity contribution in [1.82, 2.24) is 4.98 Å². The zero-order valence-electron chi connectivity index (χ0n) is 9.54. The van der Waals surface area contributed by atoms with Gasteiger partial charge in [0.25, 0.3) is 0 Å². The monoisotopic (exact) mass is 263 g/mol. The maximum absolute atomic E-state index is 11.7. The number of amides is 1. The van der Waals surface area contributed by atoms with Gasteiger partial charge in [0, 0.05) is 7.05 Å². The number of carbonyl (C=O) groups is 1. The molecule has 0 bridgehead atoms. The van der Waals surface area contributed by atoms with Crippen molar-refractivity contribution >= 4 is 17.4 Å². The minimum atomic E-state index is -4.43. The molecule has 1 aromatic heterocycles. The number of pyridine rings is 1. The average Bonchev–Trinajstić information content (AvgIpc) is 2.28. The van der Waals surface area contributed by atoms with Crippen LogP contribution in [0.15, 0.2) is 18.3 Å². The van der Waals surface area contributed by atoms with E-state index in [9.17, 15) is 18.0 Å². The third-order valence-corrected chi connectivity index (χ3v) is 1.80. The molecule has 0 atom stereocenters. The van der Waals surface area contributed by atoms with Crippen LogP contribution < -0.4 is 10.6 Å². The SMILES string of the molecule is CNc1ccc(NC(=O)COCC(F)(F)F)cn1. The van der Waals surface area contributed by atoms with E-state index in [0.717, 1.165) is 0 Å². The summed E-state index contributed by atoms with van der Waals surface area (Å²) in [6.45, 7) is -2.11. The number of hydrogen-bond donors (Lipinski definition) is 2. The highest BCUT2D eigenvalue weighted by molar-refractivity contribution is 5.91. The van der Waals surface area contributed by atoms with Crippen molar-refractivity contribution in [1.29, 1.82) is 0 Å². The molecule has 0 spiro atoms. The molecule has 100 valence electrons. The molecule has 18 heavy (non-hydrogen) atoms. The molecule has 0 aliphatic heterocycles. The van der Waals surface area contributed by atoms with E-state index in [-0.39, 0.29) is 0 Å². The van der Waals surface area contributed by atoms with Gasteiger partial charge >= 0.3 is 6.18 Å². The summed E-state index contributed by atoms with van der Waals surface area (Å²) in [5, 5.41) is 5.14. The zero-order chi connectivity index (χ0) is 13.6. The molecular formula is C10H12F3N3O2. The Morgan fingerprint density at radius 2 is 2.17 bits per heavy atom. The number of ether oxygens (including phenoxy) is 1. The second kappa shape index (κ2) is 6.20. The molecule has 0 saturated carbocycles. The third kappa shape index (κ3) is 5.48. The summed E-state index contributed by atoms with van der Waals surface area (Å²) in [6, 6.07) is 3.19. The summed E-state index contributed by atoms with van der Waals surface area (Å²) in [7, 11) is 1.69. The van der Waals surface area contributed by atoms with Crippen LogP contribution in [-0.4, -0.2) is 37.3 Å². The van der Waals surface area contributed by atoms with Crippen molar-refractivity contribution in [3.63, 3.8) is 0 Å². The Balaban J connectivity index is 2.35. The van der Waals surface area contributed by atoms with Gasteiger partial charge in [0.1, 0.15) is 19.0 Å². The first kappa shape index (κ1) is 14.2. The van der Waals surface area contributed by atoms with Gasteiger partial charge in [0.15, 0.2) is 0 Å². The number of nitrogens with one attached hydrogen (secondary N) is 2. The fraction of sp³-hybridized carbons (Fsp3) is 0.400. The Kier molecular flexibility index (Phi) is 4.90. The molecule has 0 aliphatic rings. The molecule has 1 heterocycles. The van der Waals surface area contributed by atoms with Gasteiger partial charge in [0.2, 0.25) is 5.91 Å². The Morgan fingerprint density at radius 3 is 2.67 bits per heavy atom. The second-order valence-electron chi connectivity index (χ2n) is 3.34. The Bertz CT molecular complexity index is 392. The van der Waals surface area contributed by atoms with Crippen molar-refractivity contribution < 1.29 is 22.7 Å². The van der Waals surface area contributed by atoms with Crippen molar-refractivity contribution in [3.8, 4) is 0 Å². The first-order valence-corrected chi connectivity index (χ1v) is 4.99. The van der Waals surface area contributed by atoms with Crippen molar-refractivity contribution in [3.05, 3.63) is 18.3 Å². The van der Waals surface area contributed by atoms with E-state index in [1.807, 2.05) is 0 Å². The van der Waals surface area contributed by atoms with Crippen LogP contribution in [0.25, 0.3) is 0 Å². The van der Waals surface area contributed by atoms with Crippen molar-refractivity contribution in [2.45, 2.75) is 6.18 Å². The van der Waals surface area contributed by atoms with Crippen molar-refractivity contribution in [2.24, 2.45) is 0 Å². The highest BCUT2D eigenvalue weighted by atomic mass is 19.4. The predicted octanol–water partition coefficient (Wildman–Crippen LogP) is 1.64. The van der Waals surface area contributed by atoms with Gasteiger partial charge < -0.3 is 15.4 Å². The molecule has 0 unspecified atom stereocenters. The van der Waals surface area contributed by atoms with E-state index in [4.69, 9.17) is 0 Å². The highest BCUT2D eigenvalue weighted by Gasteiger charge is 2.27. The van der Waals surface area contributed by atoms with Crippen molar-refractivity contribution in [2.75, 3.05) is 30.9 Å². The molecule has 1 rings (SSSR count). The van der Waals surface area contributed by atoms with Gasteiger partial charge in [-0.25, -0.2) is 4.98 Å². The maximum atomic E-state index is 11.7. The van der Waals surface area contributed by atoms with E-state index in [1.165, 1.54) is 6.20 Å². The van der Waals surface area contributed by atoms with Gasteiger partial charge in [-0.3, -0.25) is 4.79 Å². The molecule has 0 aliphatic carbocycles. The molecular weight excluding hydrogens is 251 g/mol. The fourth-order valence-electron chi connectivity index (χ4n) is 1.07. The summed E-state index contributed by atoms with van der Waals surface area (Å²) in [5.74, 6) is -0.0559. The fourth-order valence-corrected chi connectivity index (χ4v) is 1.07. The van der Waals surface area contributed by atoms with Crippen LogP contribution >= 0.6 is 0 Å². The first-order chi connectivity index (χ1) is 8.40. The Labute approximate surface area is 101 Å². The normalized spacial score (nSPS) is 11.1. The number of halogens is 3. The Morgan fingerprint density at radius 1 is 1.44 bits per heavy atom. The zero-order valence-corrected chi connectivity index (χ0v) is 9.54. The van der Waals surface area contributed by atoms with Crippen LogP contribution in [0.5, 0.6) is 0 Å². The molecule has 0 radical (unpaired) electrons. The highest BCUT2D eigenvalue weighted by Crippen LogP contribution is 2.14. The number of carbonyl (C=O) groups excluding carboxylic acids is 1. The van der Waals surface area contributed by atoms with Gasteiger partial charge in [-0.2, -0.15) is 13.2 Å². The number of aromatic nitrogens is 1. The van der Waals surface area contributed by atoms with E-state index in [1.54, 1.807) is 19.2 Å². The van der Waals surface area contributed by atoms with E-state index < -0.39 is 25.3 Å². The summed E-state index contributed by atoms with van der Waals surface area (Å²) in [5.41, 5.74) is 0.384. The van der Waals surface area contributed by atoms with Crippen LogP contribution in [0.1, 0.15) is 0 Å². The lowest BCUT2D eigenvalue weighted by Gasteiger charge is -2.08. The number of alkyl halides is 3. The predicted molar refractivity (Wildman–Crippen MR) is 59.3 cm³/mol. The molecule has 0 fully saturated rings. The summed E-state index contributed by atoms with van der Waals surface area (Å²) in [6.07, 6.45) is -3.05. The molecule has 8 heteroatoms. The molecule has 0 aromatic carbocycles. The lowest BCUT2D eigenvalue weighted by molar-refractivity contribution is -0.174. The topological polar surface area (TPSA) is 63.2 Å². The minimum Gasteiger partial charge on any atom is -0.373 e. The number of nitrogens with zero attached hydrogens (tertiary/aromatic N) is 1. The molecule has 1 amide bonds. The lowest BCUT2D eigenvalue weighted by Crippen LogP contribution is -2.24. The van der Waals surface area contributed by atoms with E-state index >= 15 is 0 Å². The summed E-state index contributed by atoms with van der Waals surface area (Å²) < 4.78 is 39.4. The number of anilines is 2. The number of hydrogen-bond acceptors (Lipinski definition) is 4. The quantitative estimate of drug-likeness (QED) is 0.847. The van der Waals surface area contributed by atoms with E-state index in [0.29, 0.717) is 11.5 Å². The van der Waals surface area contributed by atoms with Gasteiger partial charge in [0.05, 0.1) is 11.9 Å². The summed E-state index contributed by atoms with van der Waals surface area (Å²) >= 11 is 0. The average molecular weight is 263 g/mol. The lowest BCUT2D eigenvalue weighted by atomic mass is 10.4. The molecule has 2 N–H and O–H groups in total. The van der Waals surface area contributed by atoms with Crippen LogP contribution in [0.2, 0.25) is 0 Å². The maximum Gasteiger partial charge on any atom is 0.411 e. The second-order valence-corrected chi connectivity index (χ2v) is 3.34. The third-order valence-electron chi connectivity index (χ3n) is 1.80. The molecule has 5 nitrogen and oxygen atoms in total. The molecule has 0 saturated heterocycles. The minimum absolute atomic E-state index is 0.384. The smallest absolute Gasteiger partial charge is 0.373 e.